The molecule has 1 aromatic heterocycles. The van der Waals surface area contributed by atoms with Crippen molar-refractivity contribution in [2.24, 2.45) is 0 Å². The van der Waals surface area contributed by atoms with Crippen molar-refractivity contribution in [1.29, 1.82) is 0 Å². The van der Waals surface area contributed by atoms with Crippen molar-refractivity contribution < 1.29 is 24.5 Å². The van der Waals surface area contributed by atoms with Gasteiger partial charge in [0, 0.05) is 38.6 Å². The number of methoxy groups -OCH3 is 2. The standard InChI is InChI=1S/C30H31F2N3O3.H2/c1-18(2)20-16-21(19-8-5-6-10-25(19)37-3)22-17-24(33-28(22)27(20)32)30(36)35-14-12-34(13-15-35)29-23(31)9-7-11-26(29)38-4;/h5-11,16-18,33H,12-15H2,1-4H3;1H. The molecule has 0 atom stereocenters. The molecular formula is C30H33F2N3O3. The minimum Gasteiger partial charge on any atom is -0.496 e. The molecule has 1 aliphatic heterocycles. The molecular weight excluding hydrogens is 488 g/mol. The molecule has 2 heterocycles. The first kappa shape index (κ1) is 25.6. The Bertz CT molecular complexity index is 1500. The fraction of sp³-hybridized carbons (Fsp3) is 0.300. The summed E-state index contributed by atoms with van der Waals surface area (Å²) in [4.78, 5) is 20.2. The van der Waals surface area contributed by atoms with Crippen molar-refractivity contribution in [2.45, 2.75) is 19.8 Å². The largest absolute Gasteiger partial charge is 0.496 e. The minimum absolute atomic E-state index is 0. The van der Waals surface area contributed by atoms with Crippen molar-refractivity contribution in [3.05, 3.63) is 77.5 Å². The SMILES string of the molecule is COc1ccccc1-c1cc(C(C)C)c(F)c2[nH]c(C(=O)N3CCN(c4c(F)cccc4OC)CC3)cc12.[HH]. The average molecular weight is 522 g/mol. The van der Waals surface area contributed by atoms with Crippen LogP contribution in [0.25, 0.3) is 22.0 Å². The summed E-state index contributed by atoms with van der Waals surface area (Å²) < 4.78 is 41.1. The number of carbonyl (C=O) groups excluding carboxylic acids is 1. The number of hydrogen-bond acceptors (Lipinski definition) is 4. The number of anilines is 1. The molecule has 38 heavy (non-hydrogen) atoms. The molecule has 5 rings (SSSR count). The quantitative estimate of drug-likeness (QED) is 0.316. The van der Waals surface area contributed by atoms with Crippen molar-refractivity contribution in [1.82, 2.24) is 9.88 Å². The monoisotopic (exact) mass is 521 g/mol. The minimum atomic E-state index is -0.361. The molecule has 0 radical (unpaired) electrons. The van der Waals surface area contributed by atoms with Crippen molar-refractivity contribution in [3.63, 3.8) is 0 Å². The van der Waals surface area contributed by atoms with Gasteiger partial charge in [-0.1, -0.05) is 38.1 Å². The highest BCUT2D eigenvalue weighted by Crippen LogP contribution is 2.39. The number of carbonyl (C=O) groups is 1. The van der Waals surface area contributed by atoms with Gasteiger partial charge >= 0.3 is 0 Å². The van der Waals surface area contributed by atoms with Crippen molar-refractivity contribution in [3.8, 4) is 22.6 Å². The number of aromatic amines is 1. The van der Waals surface area contributed by atoms with Gasteiger partial charge in [0.2, 0.25) is 0 Å². The molecule has 0 spiro atoms. The molecule has 1 aliphatic rings. The highest BCUT2D eigenvalue weighted by Gasteiger charge is 2.28. The number of hydrogen-bond donors (Lipinski definition) is 1. The maximum absolute atomic E-state index is 15.6. The number of benzene rings is 3. The molecule has 0 saturated carbocycles. The molecule has 200 valence electrons. The van der Waals surface area contributed by atoms with E-state index in [2.05, 4.69) is 4.98 Å². The van der Waals surface area contributed by atoms with Crippen LogP contribution in [0.2, 0.25) is 0 Å². The molecule has 0 aliphatic carbocycles. The lowest BCUT2D eigenvalue weighted by atomic mass is 9.93. The molecule has 6 nitrogen and oxygen atoms in total. The number of nitrogens with one attached hydrogen (secondary N) is 1. The van der Waals surface area contributed by atoms with Gasteiger partial charge in [-0.2, -0.15) is 0 Å². The summed E-state index contributed by atoms with van der Waals surface area (Å²) >= 11 is 0. The molecule has 0 unspecified atom stereocenters. The Labute approximate surface area is 222 Å². The number of halogens is 2. The third-order valence-electron chi connectivity index (χ3n) is 7.18. The van der Waals surface area contributed by atoms with Crippen LogP contribution in [-0.4, -0.2) is 56.2 Å². The molecule has 1 saturated heterocycles. The molecule has 8 heteroatoms. The van der Waals surface area contributed by atoms with Crippen LogP contribution in [0.4, 0.5) is 14.5 Å². The molecule has 0 bridgehead atoms. The smallest absolute Gasteiger partial charge is 0.270 e. The Morgan fingerprint density at radius 1 is 0.921 bits per heavy atom. The second-order valence-corrected chi connectivity index (χ2v) is 9.72. The van der Waals surface area contributed by atoms with E-state index in [0.29, 0.717) is 65.5 Å². The number of para-hydroxylation sites is 2. The van der Waals surface area contributed by atoms with Crippen LogP contribution in [0, 0.1) is 11.6 Å². The van der Waals surface area contributed by atoms with Gasteiger partial charge in [0.15, 0.2) is 5.82 Å². The number of H-pyrrole nitrogens is 1. The van der Waals surface area contributed by atoms with Gasteiger partial charge in [-0.05, 0) is 47.4 Å². The maximum atomic E-state index is 15.6. The van der Waals surface area contributed by atoms with Gasteiger partial charge in [0.1, 0.15) is 28.7 Å². The van der Waals surface area contributed by atoms with Gasteiger partial charge in [-0.15, -0.1) is 0 Å². The third-order valence-corrected chi connectivity index (χ3v) is 7.18. The summed E-state index contributed by atoms with van der Waals surface area (Å²) in [5.41, 5.74) is 3.20. The highest BCUT2D eigenvalue weighted by atomic mass is 19.1. The Hall–Kier alpha value is -4.07. The Morgan fingerprint density at radius 3 is 2.29 bits per heavy atom. The number of ether oxygens (including phenoxy) is 2. The predicted octanol–water partition coefficient (Wildman–Crippen LogP) is 6.46. The van der Waals surface area contributed by atoms with E-state index in [-0.39, 0.29) is 24.9 Å². The summed E-state index contributed by atoms with van der Waals surface area (Å²) in [6.07, 6.45) is 0. The number of piperazine rings is 1. The number of amides is 1. The number of rotatable bonds is 6. The zero-order valence-corrected chi connectivity index (χ0v) is 22.0. The molecule has 3 aromatic carbocycles. The van der Waals surface area contributed by atoms with Crippen LogP contribution >= 0.6 is 0 Å². The van der Waals surface area contributed by atoms with E-state index < -0.39 is 0 Å². The number of nitrogens with zero attached hydrogens (tertiary/aromatic N) is 2. The van der Waals surface area contributed by atoms with E-state index in [1.807, 2.05) is 49.1 Å². The van der Waals surface area contributed by atoms with Gasteiger partial charge in [-0.25, -0.2) is 8.78 Å². The zero-order chi connectivity index (χ0) is 27.0. The first-order valence-electron chi connectivity index (χ1n) is 12.7. The Balaban J connectivity index is 0.00000353. The van der Waals surface area contributed by atoms with Crippen LogP contribution in [0.5, 0.6) is 11.5 Å². The first-order valence-corrected chi connectivity index (χ1v) is 12.7. The molecule has 1 amide bonds. The lowest BCUT2D eigenvalue weighted by Gasteiger charge is -2.36. The van der Waals surface area contributed by atoms with E-state index in [4.69, 9.17) is 9.47 Å². The van der Waals surface area contributed by atoms with Crippen LogP contribution < -0.4 is 14.4 Å². The Morgan fingerprint density at radius 2 is 1.61 bits per heavy atom. The predicted molar refractivity (Wildman–Crippen MR) is 148 cm³/mol. The summed E-state index contributed by atoms with van der Waals surface area (Å²) in [6, 6.07) is 15.9. The Kier molecular flexibility index (Phi) is 6.97. The first-order chi connectivity index (χ1) is 18.3. The van der Waals surface area contributed by atoms with Gasteiger partial charge in [0.25, 0.3) is 5.91 Å². The number of aromatic nitrogens is 1. The zero-order valence-electron chi connectivity index (χ0n) is 22.0. The van der Waals surface area contributed by atoms with Crippen molar-refractivity contribution >= 4 is 22.5 Å². The van der Waals surface area contributed by atoms with E-state index in [1.54, 1.807) is 30.2 Å². The van der Waals surface area contributed by atoms with Crippen LogP contribution in [0.15, 0.2) is 54.6 Å². The van der Waals surface area contributed by atoms with Gasteiger partial charge in [0.05, 0.1) is 19.7 Å². The second-order valence-electron chi connectivity index (χ2n) is 9.72. The van der Waals surface area contributed by atoms with Gasteiger partial charge in [-0.3, -0.25) is 4.79 Å². The topological polar surface area (TPSA) is 57.8 Å². The molecule has 4 aromatic rings. The highest BCUT2D eigenvalue weighted by molar-refractivity contribution is 6.04. The van der Waals surface area contributed by atoms with E-state index >= 15 is 4.39 Å². The van der Waals surface area contributed by atoms with Crippen LogP contribution in [-0.2, 0) is 0 Å². The van der Waals surface area contributed by atoms with Gasteiger partial charge < -0.3 is 24.3 Å². The second kappa shape index (κ2) is 10.4. The third kappa shape index (κ3) is 4.44. The van der Waals surface area contributed by atoms with E-state index in [0.717, 1.165) is 11.1 Å². The molecule has 1 N–H and O–H groups in total. The fourth-order valence-electron chi connectivity index (χ4n) is 5.18. The van der Waals surface area contributed by atoms with Crippen LogP contribution in [0.1, 0.15) is 37.2 Å². The lowest BCUT2D eigenvalue weighted by Crippen LogP contribution is -2.49. The molecule has 1 fully saturated rings. The summed E-state index contributed by atoms with van der Waals surface area (Å²) in [6.45, 7) is 5.56. The van der Waals surface area contributed by atoms with E-state index in [1.165, 1.54) is 13.2 Å². The number of fused-ring (bicyclic) bond motifs is 1. The fourth-order valence-corrected chi connectivity index (χ4v) is 5.18. The summed E-state index contributed by atoms with van der Waals surface area (Å²) in [7, 11) is 3.11. The maximum Gasteiger partial charge on any atom is 0.270 e. The summed E-state index contributed by atoms with van der Waals surface area (Å²) in [5, 5.41) is 0.620. The normalized spacial score (nSPS) is 13.9. The van der Waals surface area contributed by atoms with E-state index in [9.17, 15) is 9.18 Å². The summed E-state index contributed by atoms with van der Waals surface area (Å²) in [5.74, 6) is 0.130. The lowest BCUT2D eigenvalue weighted by molar-refractivity contribution is 0.0741. The van der Waals surface area contributed by atoms with Crippen molar-refractivity contribution in [2.75, 3.05) is 45.3 Å². The van der Waals surface area contributed by atoms with Crippen LogP contribution in [0.3, 0.4) is 0 Å². The average Bonchev–Trinajstić information content (AvgIpc) is 3.39.